The molecule has 2 heterocycles. The number of nitrogens with one attached hydrogen (secondary N) is 2. The van der Waals surface area contributed by atoms with Gasteiger partial charge in [-0.3, -0.25) is 20.2 Å². The Morgan fingerprint density at radius 1 is 1.15 bits per heavy atom. The topological polar surface area (TPSA) is 121 Å². The summed E-state index contributed by atoms with van der Waals surface area (Å²) >= 11 is 4.73. The Balaban J connectivity index is 1.78. The molecule has 8 nitrogen and oxygen atoms in total. The molecule has 1 fully saturated rings. The van der Waals surface area contributed by atoms with Gasteiger partial charge < -0.3 is 9.15 Å². The number of ether oxygens (including phenoxy) is 1. The standard InChI is InChI=1S/C18H11N3O5S/c19-7-8-25-17(24)11-3-1-10(2-4-11)14-6-5-12(26-14)9-13-15(22)20-18(27)21-16(13)23/h1-6,9H,8H2,(H2,20,21,22,23,27). The number of hydrogen-bond acceptors (Lipinski definition) is 7. The van der Waals surface area contributed by atoms with Gasteiger partial charge in [-0.2, -0.15) is 5.26 Å². The van der Waals surface area contributed by atoms with Gasteiger partial charge in [0.15, 0.2) is 11.7 Å². The third-order valence-electron chi connectivity index (χ3n) is 3.53. The van der Waals surface area contributed by atoms with E-state index in [1.54, 1.807) is 42.5 Å². The smallest absolute Gasteiger partial charge is 0.339 e. The van der Waals surface area contributed by atoms with Crippen LogP contribution in [0.1, 0.15) is 16.1 Å². The van der Waals surface area contributed by atoms with Crippen LogP contribution >= 0.6 is 12.2 Å². The molecular weight excluding hydrogens is 370 g/mol. The van der Waals surface area contributed by atoms with Crippen LogP contribution in [0.3, 0.4) is 0 Å². The quantitative estimate of drug-likeness (QED) is 0.357. The monoisotopic (exact) mass is 381 g/mol. The summed E-state index contributed by atoms with van der Waals surface area (Å²) in [6.45, 7) is -0.317. The second kappa shape index (κ2) is 7.63. The van der Waals surface area contributed by atoms with Crippen LogP contribution in [0.5, 0.6) is 0 Å². The van der Waals surface area contributed by atoms with Crippen LogP contribution in [-0.2, 0) is 14.3 Å². The summed E-state index contributed by atoms with van der Waals surface area (Å²) in [5.74, 6) is -1.04. The number of rotatable bonds is 4. The number of benzene rings is 1. The molecule has 1 saturated heterocycles. The Labute approximate surface area is 158 Å². The average molecular weight is 381 g/mol. The molecule has 0 bridgehead atoms. The van der Waals surface area contributed by atoms with Crippen molar-refractivity contribution in [1.82, 2.24) is 10.6 Å². The maximum absolute atomic E-state index is 11.8. The Kier molecular flexibility index (Phi) is 5.10. The van der Waals surface area contributed by atoms with Gasteiger partial charge in [-0.15, -0.1) is 0 Å². The fourth-order valence-corrected chi connectivity index (χ4v) is 2.47. The molecule has 134 valence electrons. The largest absolute Gasteiger partial charge is 0.457 e. The number of thiocarbonyl (C=S) groups is 1. The SMILES string of the molecule is N#CCOC(=O)c1ccc(-c2ccc(C=C3C(=O)NC(=S)NC3=O)o2)cc1. The molecule has 0 spiro atoms. The number of carbonyl (C=O) groups is 3. The van der Waals surface area contributed by atoms with E-state index in [0.717, 1.165) is 0 Å². The molecule has 2 N–H and O–H groups in total. The predicted molar refractivity (Wildman–Crippen MR) is 96.9 cm³/mol. The molecule has 27 heavy (non-hydrogen) atoms. The van der Waals surface area contributed by atoms with Gasteiger partial charge in [0.05, 0.1) is 5.56 Å². The lowest BCUT2D eigenvalue weighted by Gasteiger charge is -2.15. The van der Waals surface area contributed by atoms with Crippen molar-refractivity contribution < 1.29 is 23.5 Å². The lowest BCUT2D eigenvalue weighted by Crippen LogP contribution is -2.51. The van der Waals surface area contributed by atoms with Crippen LogP contribution in [0, 0.1) is 11.3 Å². The van der Waals surface area contributed by atoms with Crippen LogP contribution in [0.4, 0.5) is 0 Å². The van der Waals surface area contributed by atoms with Crippen molar-refractivity contribution in [2.75, 3.05) is 6.61 Å². The first kappa shape index (κ1) is 18.0. The van der Waals surface area contributed by atoms with E-state index in [-0.39, 0.29) is 17.3 Å². The molecule has 1 aromatic carbocycles. The van der Waals surface area contributed by atoms with Crippen LogP contribution in [-0.4, -0.2) is 29.5 Å². The zero-order valence-electron chi connectivity index (χ0n) is 13.6. The minimum atomic E-state index is -0.609. The van der Waals surface area contributed by atoms with E-state index in [1.165, 1.54) is 6.08 Å². The summed E-state index contributed by atoms with van der Waals surface area (Å²) in [7, 11) is 0. The first-order valence-electron chi connectivity index (χ1n) is 7.60. The molecule has 1 aliphatic rings. The predicted octanol–water partition coefficient (Wildman–Crippen LogP) is 1.54. The molecule has 0 unspecified atom stereocenters. The summed E-state index contributed by atoms with van der Waals surface area (Å²) in [5.41, 5.74) is 0.852. The van der Waals surface area contributed by atoms with E-state index in [9.17, 15) is 14.4 Å². The average Bonchev–Trinajstić information content (AvgIpc) is 3.11. The van der Waals surface area contributed by atoms with E-state index >= 15 is 0 Å². The van der Waals surface area contributed by atoms with Gasteiger partial charge in [0.25, 0.3) is 11.8 Å². The van der Waals surface area contributed by atoms with Gasteiger partial charge in [-0.1, -0.05) is 12.1 Å². The number of esters is 1. The Hall–Kier alpha value is -3.77. The second-order valence-corrected chi connectivity index (χ2v) is 5.72. The minimum absolute atomic E-state index is 0.0457. The highest BCUT2D eigenvalue weighted by molar-refractivity contribution is 7.80. The van der Waals surface area contributed by atoms with Gasteiger partial charge in [0, 0.05) is 5.56 Å². The number of carbonyl (C=O) groups excluding carboxylic acids is 3. The minimum Gasteiger partial charge on any atom is -0.457 e. The fourth-order valence-electron chi connectivity index (χ4n) is 2.29. The Morgan fingerprint density at radius 3 is 2.44 bits per heavy atom. The zero-order chi connectivity index (χ0) is 19.4. The van der Waals surface area contributed by atoms with Gasteiger partial charge in [-0.05, 0) is 42.6 Å². The van der Waals surface area contributed by atoms with Crippen molar-refractivity contribution in [3.63, 3.8) is 0 Å². The first-order chi connectivity index (χ1) is 13.0. The summed E-state index contributed by atoms with van der Waals surface area (Å²) in [5, 5.41) is 13.0. The third kappa shape index (κ3) is 4.08. The zero-order valence-corrected chi connectivity index (χ0v) is 14.5. The van der Waals surface area contributed by atoms with Crippen molar-refractivity contribution >= 4 is 41.2 Å². The first-order valence-corrected chi connectivity index (χ1v) is 8.01. The van der Waals surface area contributed by atoms with Crippen LogP contribution in [0.2, 0.25) is 0 Å². The number of nitriles is 1. The van der Waals surface area contributed by atoms with Crippen molar-refractivity contribution in [1.29, 1.82) is 5.26 Å². The normalized spacial score (nSPS) is 13.4. The molecule has 2 aromatic rings. The summed E-state index contributed by atoms with van der Waals surface area (Å²) in [4.78, 5) is 35.4. The van der Waals surface area contributed by atoms with Crippen LogP contribution in [0.25, 0.3) is 17.4 Å². The highest BCUT2D eigenvalue weighted by Gasteiger charge is 2.26. The molecular formula is C18H11N3O5S. The molecule has 3 rings (SSSR count). The lowest BCUT2D eigenvalue weighted by molar-refractivity contribution is -0.123. The number of nitrogens with zero attached hydrogens (tertiary/aromatic N) is 1. The molecule has 9 heteroatoms. The molecule has 0 radical (unpaired) electrons. The highest BCUT2D eigenvalue weighted by Crippen LogP contribution is 2.24. The van der Waals surface area contributed by atoms with Crippen LogP contribution in [0.15, 0.2) is 46.4 Å². The molecule has 2 amide bonds. The molecule has 0 aliphatic carbocycles. The fraction of sp³-hybridized carbons (Fsp3) is 0.0556. The van der Waals surface area contributed by atoms with Gasteiger partial charge >= 0.3 is 5.97 Å². The highest BCUT2D eigenvalue weighted by atomic mass is 32.1. The molecule has 1 aromatic heterocycles. The maximum atomic E-state index is 11.8. The molecule has 0 atom stereocenters. The summed E-state index contributed by atoms with van der Waals surface area (Å²) < 4.78 is 10.4. The lowest BCUT2D eigenvalue weighted by atomic mass is 10.1. The Morgan fingerprint density at radius 2 is 1.81 bits per heavy atom. The maximum Gasteiger partial charge on any atom is 0.339 e. The second-order valence-electron chi connectivity index (χ2n) is 5.31. The van der Waals surface area contributed by atoms with Crippen LogP contribution < -0.4 is 10.6 Å². The van der Waals surface area contributed by atoms with E-state index in [1.807, 2.05) is 0 Å². The third-order valence-corrected chi connectivity index (χ3v) is 3.73. The van der Waals surface area contributed by atoms with E-state index in [0.29, 0.717) is 22.6 Å². The van der Waals surface area contributed by atoms with E-state index in [2.05, 4.69) is 10.6 Å². The van der Waals surface area contributed by atoms with Crippen molar-refractivity contribution in [2.45, 2.75) is 0 Å². The van der Waals surface area contributed by atoms with E-state index in [4.69, 9.17) is 26.6 Å². The van der Waals surface area contributed by atoms with Gasteiger partial charge in [0.1, 0.15) is 23.2 Å². The summed E-state index contributed by atoms with van der Waals surface area (Å²) in [6.07, 6.45) is 1.31. The van der Waals surface area contributed by atoms with Gasteiger partial charge in [-0.25, -0.2) is 4.79 Å². The number of amides is 2. The van der Waals surface area contributed by atoms with Crippen molar-refractivity contribution in [3.05, 3.63) is 53.3 Å². The van der Waals surface area contributed by atoms with Gasteiger partial charge in [0.2, 0.25) is 0 Å². The Bertz CT molecular complexity index is 992. The van der Waals surface area contributed by atoms with Crippen molar-refractivity contribution in [3.8, 4) is 17.4 Å². The molecule has 1 aliphatic heterocycles. The van der Waals surface area contributed by atoms with Crippen molar-refractivity contribution in [2.24, 2.45) is 0 Å². The summed E-state index contributed by atoms with van der Waals surface area (Å²) in [6, 6.07) is 11.4. The van der Waals surface area contributed by atoms with E-state index < -0.39 is 17.8 Å². The molecule has 0 saturated carbocycles. The number of furan rings is 1. The number of hydrogen-bond donors (Lipinski definition) is 2.